The average Bonchev–Trinajstić information content (AvgIpc) is 2.96. The van der Waals surface area contributed by atoms with Crippen LogP contribution in [0.3, 0.4) is 0 Å². The summed E-state index contributed by atoms with van der Waals surface area (Å²) in [5.41, 5.74) is 2.04. The monoisotopic (exact) mass is 260 g/mol. The molecule has 0 aliphatic carbocycles. The van der Waals surface area contributed by atoms with Crippen LogP contribution in [0.25, 0.3) is 11.5 Å². The molecule has 1 aliphatic rings. The predicted octanol–water partition coefficient (Wildman–Crippen LogP) is 2.55. The lowest BCUT2D eigenvalue weighted by Crippen LogP contribution is -2.18. The van der Waals surface area contributed by atoms with Crippen molar-refractivity contribution in [3.63, 3.8) is 0 Å². The van der Waals surface area contributed by atoms with Crippen molar-refractivity contribution in [2.45, 2.75) is 25.9 Å². The third kappa shape index (κ3) is 2.00. The van der Waals surface area contributed by atoms with E-state index in [1.54, 1.807) is 7.11 Å². The van der Waals surface area contributed by atoms with Gasteiger partial charge in [-0.15, -0.1) is 0 Å². The molecule has 5 nitrogen and oxygen atoms in total. The third-order valence-corrected chi connectivity index (χ3v) is 3.29. The quantitative estimate of drug-likeness (QED) is 0.848. The number of aromatic nitrogens is 2. The number of para-hydroxylation sites is 1. The Morgan fingerprint density at radius 2 is 2.21 bits per heavy atom. The number of hydrogen-bond donors (Lipinski definition) is 0. The summed E-state index contributed by atoms with van der Waals surface area (Å²) >= 11 is 0. The standard InChI is InChI=1S/C14H16N2O3/c1-14(2)8-18-12-9(5-4-6-10(12)14)13-15-11(7-17-3)16-19-13/h4-6H,7-8H2,1-3H3. The van der Waals surface area contributed by atoms with Crippen LogP contribution < -0.4 is 4.74 Å². The lowest BCUT2D eigenvalue weighted by atomic mass is 9.86. The Morgan fingerprint density at radius 1 is 1.37 bits per heavy atom. The normalized spacial score (nSPS) is 16.2. The van der Waals surface area contributed by atoms with Crippen LogP contribution in [0.2, 0.25) is 0 Å². The molecule has 0 radical (unpaired) electrons. The number of rotatable bonds is 3. The lowest BCUT2D eigenvalue weighted by Gasteiger charge is -2.14. The van der Waals surface area contributed by atoms with E-state index in [4.69, 9.17) is 14.0 Å². The Balaban J connectivity index is 2.04. The van der Waals surface area contributed by atoms with Crippen molar-refractivity contribution in [3.8, 4) is 17.2 Å². The van der Waals surface area contributed by atoms with Gasteiger partial charge in [-0.05, 0) is 6.07 Å². The van der Waals surface area contributed by atoms with E-state index in [1.165, 1.54) is 5.56 Å². The first-order chi connectivity index (χ1) is 9.12. The fourth-order valence-electron chi connectivity index (χ4n) is 2.28. The highest BCUT2D eigenvalue weighted by atomic mass is 16.5. The zero-order valence-electron chi connectivity index (χ0n) is 11.3. The second-order valence-electron chi connectivity index (χ2n) is 5.30. The first kappa shape index (κ1) is 12.2. The van der Waals surface area contributed by atoms with Crippen LogP contribution >= 0.6 is 0 Å². The van der Waals surface area contributed by atoms with Gasteiger partial charge in [0.1, 0.15) is 12.4 Å². The molecule has 0 saturated heterocycles. The van der Waals surface area contributed by atoms with Gasteiger partial charge in [0.05, 0.1) is 12.2 Å². The van der Waals surface area contributed by atoms with Crippen LogP contribution in [0, 0.1) is 0 Å². The Morgan fingerprint density at radius 3 is 3.00 bits per heavy atom. The highest BCUT2D eigenvalue weighted by Crippen LogP contribution is 2.43. The summed E-state index contributed by atoms with van der Waals surface area (Å²) in [6.45, 7) is 5.32. The van der Waals surface area contributed by atoms with Crippen molar-refractivity contribution in [1.82, 2.24) is 10.1 Å². The molecule has 3 rings (SSSR count). The zero-order valence-corrected chi connectivity index (χ0v) is 11.3. The van der Waals surface area contributed by atoms with Crippen molar-refractivity contribution in [3.05, 3.63) is 29.6 Å². The third-order valence-electron chi connectivity index (χ3n) is 3.29. The highest BCUT2D eigenvalue weighted by Gasteiger charge is 2.34. The Kier molecular flexibility index (Phi) is 2.78. The van der Waals surface area contributed by atoms with Gasteiger partial charge < -0.3 is 14.0 Å². The van der Waals surface area contributed by atoms with E-state index in [-0.39, 0.29) is 5.41 Å². The fraction of sp³-hybridized carbons (Fsp3) is 0.429. The predicted molar refractivity (Wildman–Crippen MR) is 69.0 cm³/mol. The summed E-state index contributed by atoms with van der Waals surface area (Å²) < 4.78 is 16.1. The summed E-state index contributed by atoms with van der Waals surface area (Å²) in [5, 5.41) is 3.88. The van der Waals surface area contributed by atoms with Crippen LogP contribution in [0.4, 0.5) is 0 Å². The minimum atomic E-state index is 0.0146. The Hall–Kier alpha value is -1.88. The van der Waals surface area contributed by atoms with Gasteiger partial charge >= 0.3 is 0 Å². The van der Waals surface area contributed by atoms with Gasteiger partial charge in [0.25, 0.3) is 5.89 Å². The molecule has 0 bridgehead atoms. The van der Waals surface area contributed by atoms with E-state index < -0.39 is 0 Å². The molecule has 0 spiro atoms. The molecule has 1 aromatic carbocycles. The van der Waals surface area contributed by atoms with Crippen LogP contribution in [0.5, 0.6) is 5.75 Å². The molecule has 19 heavy (non-hydrogen) atoms. The topological polar surface area (TPSA) is 57.4 Å². The van der Waals surface area contributed by atoms with Gasteiger partial charge in [0.2, 0.25) is 0 Å². The first-order valence-electron chi connectivity index (χ1n) is 6.20. The summed E-state index contributed by atoms with van der Waals surface area (Å²) in [6.07, 6.45) is 0. The number of ether oxygens (including phenoxy) is 2. The maximum Gasteiger partial charge on any atom is 0.261 e. The van der Waals surface area contributed by atoms with E-state index in [9.17, 15) is 0 Å². The molecule has 0 atom stereocenters. The molecule has 100 valence electrons. The van der Waals surface area contributed by atoms with Gasteiger partial charge in [-0.3, -0.25) is 0 Å². The number of benzene rings is 1. The molecule has 1 aliphatic heterocycles. The minimum Gasteiger partial charge on any atom is -0.492 e. The average molecular weight is 260 g/mol. The van der Waals surface area contributed by atoms with Crippen molar-refractivity contribution < 1.29 is 14.0 Å². The Labute approximate surface area is 111 Å². The van der Waals surface area contributed by atoms with Crippen LogP contribution in [-0.4, -0.2) is 23.9 Å². The lowest BCUT2D eigenvalue weighted by molar-refractivity contribution is 0.174. The van der Waals surface area contributed by atoms with Gasteiger partial charge in [0.15, 0.2) is 5.82 Å². The molecule has 5 heteroatoms. The maximum absolute atomic E-state index is 5.81. The molecule has 0 amide bonds. The van der Waals surface area contributed by atoms with Crippen molar-refractivity contribution in [1.29, 1.82) is 0 Å². The van der Waals surface area contributed by atoms with E-state index in [0.717, 1.165) is 11.3 Å². The molecule has 1 aromatic heterocycles. The van der Waals surface area contributed by atoms with Crippen molar-refractivity contribution >= 4 is 0 Å². The van der Waals surface area contributed by atoms with Gasteiger partial charge in [-0.1, -0.05) is 31.1 Å². The first-order valence-corrected chi connectivity index (χ1v) is 6.20. The maximum atomic E-state index is 5.81. The molecule has 0 saturated carbocycles. The van der Waals surface area contributed by atoms with Crippen molar-refractivity contribution in [2.24, 2.45) is 0 Å². The number of nitrogens with zero attached hydrogens (tertiary/aromatic N) is 2. The van der Waals surface area contributed by atoms with E-state index in [0.29, 0.717) is 24.9 Å². The molecule has 2 heterocycles. The SMILES string of the molecule is COCc1noc(-c2cccc3c2OCC3(C)C)n1. The highest BCUT2D eigenvalue weighted by molar-refractivity contribution is 5.67. The van der Waals surface area contributed by atoms with E-state index >= 15 is 0 Å². The minimum absolute atomic E-state index is 0.0146. The van der Waals surface area contributed by atoms with Gasteiger partial charge in [0, 0.05) is 18.1 Å². The molecule has 0 N–H and O–H groups in total. The van der Waals surface area contributed by atoms with Gasteiger partial charge in [-0.25, -0.2) is 0 Å². The number of fused-ring (bicyclic) bond motifs is 1. The molecule has 0 fully saturated rings. The van der Waals surface area contributed by atoms with E-state index in [2.05, 4.69) is 30.1 Å². The summed E-state index contributed by atoms with van der Waals surface area (Å²) in [6, 6.07) is 6.01. The van der Waals surface area contributed by atoms with Crippen LogP contribution in [0.15, 0.2) is 22.7 Å². The van der Waals surface area contributed by atoms with Gasteiger partial charge in [-0.2, -0.15) is 4.98 Å². The summed E-state index contributed by atoms with van der Waals surface area (Å²) in [7, 11) is 1.60. The summed E-state index contributed by atoms with van der Waals surface area (Å²) in [5.74, 6) is 1.86. The van der Waals surface area contributed by atoms with Crippen LogP contribution in [0.1, 0.15) is 25.2 Å². The second-order valence-corrected chi connectivity index (χ2v) is 5.30. The largest absolute Gasteiger partial charge is 0.492 e. The number of hydrogen-bond acceptors (Lipinski definition) is 5. The molecular weight excluding hydrogens is 244 g/mol. The van der Waals surface area contributed by atoms with Crippen LogP contribution in [-0.2, 0) is 16.8 Å². The molecule has 0 unspecified atom stereocenters. The van der Waals surface area contributed by atoms with E-state index in [1.807, 2.05) is 12.1 Å². The summed E-state index contributed by atoms with van der Waals surface area (Å²) in [4.78, 5) is 4.31. The zero-order chi connectivity index (χ0) is 13.5. The molecular formula is C14H16N2O3. The smallest absolute Gasteiger partial charge is 0.261 e. The second kappa shape index (κ2) is 4.35. The molecule has 2 aromatic rings. The van der Waals surface area contributed by atoms with Crippen molar-refractivity contribution in [2.75, 3.05) is 13.7 Å². The fourth-order valence-corrected chi connectivity index (χ4v) is 2.28. The Bertz CT molecular complexity index is 604. The number of methoxy groups -OCH3 is 1.